The number of pyridine rings is 1. The van der Waals surface area contributed by atoms with E-state index in [-0.39, 0.29) is 25.8 Å². The minimum absolute atomic E-state index is 0.0407. The highest BCUT2D eigenvalue weighted by Crippen LogP contribution is 2.55. The highest BCUT2D eigenvalue weighted by atomic mass is 16.7. The first-order chi connectivity index (χ1) is 19.4. The molecule has 3 aliphatic rings. The lowest BCUT2D eigenvalue weighted by Gasteiger charge is -2.35. The summed E-state index contributed by atoms with van der Waals surface area (Å²) in [7, 11) is 4.96. The first-order valence-electron chi connectivity index (χ1n) is 13.0. The number of rotatable bonds is 7. The number of nitrogens with two attached hydrogens (primary N) is 1. The van der Waals surface area contributed by atoms with Gasteiger partial charge in [-0.15, -0.1) is 0 Å². The number of hydrogen-bond acceptors (Lipinski definition) is 10. The minimum atomic E-state index is -0.462. The Morgan fingerprint density at radius 1 is 1.12 bits per heavy atom. The second kappa shape index (κ2) is 10.4. The number of fused-ring (bicyclic) bond motifs is 3. The van der Waals surface area contributed by atoms with E-state index in [2.05, 4.69) is 16.0 Å². The van der Waals surface area contributed by atoms with Gasteiger partial charge in [0.2, 0.25) is 12.5 Å². The number of carbonyl (C=O) groups is 1. The standard InChI is InChI=1S/C30H31N3O7/c1-16-13-38-30(34)22(16)25(36-4)21(35-3)14-37-27-24-19(9-10-33(2)29(24)31)23(26-28(27)40-15-39-26)20-12-32-11-17-7-5-6-8-18(17)20/h5-8,11-12,29H,9-10,13-15,31H2,1-4H3/b25-21-/t29-/m1/s1. The molecule has 0 amide bonds. The predicted molar refractivity (Wildman–Crippen MR) is 147 cm³/mol. The van der Waals surface area contributed by atoms with Gasteiger partial charge in [0.25, 0.3) is 0 Å². The molecule has 0 fully saturated rings. The molecule has 10 nitrogen and oxygen atoms in total. The highest BCUT2D eigenvalue weighted by molar-refractivity contribution is 5.99. The molecule has 2 N–H and O–H groups in total. The number of esters is 1. The zero-order valence-electron chi connectivity index (χ0n) is 22.9. The molecule has 2 aromatic carbocycles. The summed E-state index contributed by atoms with van der Waals surface area (Å²) in [6.07, 6.45) is 3.97. The number of ether oxygens (including phenoxy) is 6. The summed E-state index contributed by atoms with van der Waals surface area (Å²) in [6.45, 7) is 2.77. The average Bonchev–Trinajstić information content (AvgIpc) is 3.58. The van der Waals surface area contributed by atoms with Crippen LogP contribution in [0.4, 0.5) is 0 Å². The smallest absolute Gasteiger partial charge is 0.342 e. The number of methoxy groups -OCH3 is 2. The Balaban J connectivity index is 1.51. The molecule has 0 bridgehead atoms. The SMILES string of the molecule is CO/C(COc1c2c(c(-c3cncc4ccccc34)c3c1[C@H](N)N(C)CC3)OCO2)=C(\OC)C1=C(C)COC1=O. The first-order valence-corrected chi connectivity index (χ1v) is 13.0. The van der Waals surface area contributed by atoms with E-state index in [1.165, 1.54) is 14.2 Å². The predicted octanol–water partition coefficient (Wildman–Crippen LogP) is 3.83. The van der Waals surface area contributed by atoms with Crippen molar-refractivity contribution >= 4 is 16.7 Å². The van der Waals surface area contributed by atoms with Gasteiger partial charge in [-0.1, -0.05) is 24.3 Å². The monoisotopic (exact) mass is 545 g/mol. The Kier molecular flexibility index (Phi) is 6.73. The van der Waals surface area contributed by atoms with Crippen molar-refractivity contribution in [1.82, 2.24) is 9.88 Å². The van der Waals surface area contributed by atoms with Crippen LogP contribution in [0.3, 0.4) is 0 Å². The van der Waals surface area contributed by atoms with E-state index in [1.807, 2.05) is 44.6 Å². The van der Waals surface area contributed by atoms with E-state index in [1.54, 1.807) is 0 Å². The number of benzene rings is 2. The van der Waals surface area contributed by atoms with Gasteiger partial charge in [-0.2, -0.15) is 0 Å². The molecular weight excluding hydrogens is 514 g/mol. The normalized spacial score (nSPS) is 18.9. The number of cyclic esters (lactones) is 1. The van der Waals surface area contributed by atoms with E-state index >= 15 is 0 Å². The number of likely N-dealkylation sites (N-methyl/N-ethyl adjacent to an activating group) is 1. The molecule has 3 aliphatic heterocycles. The van der Waals surface area contributed by atoms with Gasteiger partial charge >= 0.3 is 5.97 Å². The second-order valence-electron chi connectivity index (χ2n) is 9.93. The van der Waals surface area contributed by atoms with Gasteiger partial charge < -0.3 is 34.2 Å². The van der Waals surface area contributed by atoms with E-state index in [0.29, 0.717) is 28.6 Å². The molecular formula is C30H31N3O7. The van der Waals surface area contributed by atoms with Crippen LogP contribution in [0.1, 0.15) is 24.2 Å². The molecule has 208 valence electrons. The van der Waals surface area contributed by atoms with Gasteiger partial charge in [0.05, 0.1) is 20.4 Å². The summed E-state index contributed by atoms with van der Waals surface area (Å²) in [5, 5.41) is 2.08. The number of nitrogens with zero attached hydrogens (tertiary/aromatic N) is 2. The number of hydrogen-bond donors (Lipinski definition) is 1. The fraction of sp³-hybridized carbons (Fsp3) is 0.333. The number of carbonyl (C=O) groups excluding carboxylic acids is 1. The molecule has 0 saturated carbocycles. The summed E-state index contributed by atoms with van der Waals surface area (Å²) in [6, 6.07) is 8.12. The third-order valence-corrected chi connectivity index (χ3v) is 7.67. The lowest BCUT2D eigenvalue weighted by Crippen LogP contribution is -2.38. The van der Waals surface area contributed by atoms with Crippen LogP contribution >= 0.6 is 0 Å². The van der Waals surface area contributed by atoms with Gasteiger partial charge in [0.1, 0.15) is 18.8 Å². The van der Waals surface area contributed by atoms with Crippen molar-refractivity contribution in [3.8, 4) is 28.4 Å². The maximum atomic E-state index is 12.4. The van der Waals surface area contributed by atoms with Crippen molar-refractivity contribution in [2.75, 3.05) is 47.8 Å². The van der Waals surface area contributed by atoms with Crippen LogP contribution < -0.4 is 19.9 Å². The van der Waals surface area contributed by atoms with Crippen LogP contribution in [0, 0.1) is 0 Å². The number of aromatic nitrogens is 1. The van der Waals surface area contributed by atoms with Crippen LogP contribution in [-0.4, -0.2) is 63.7 Å². The van der Waals surface area contributed by atoms with Crippen molar-refractivity contribution in [3.63, 3.8) is 0 Å². The van der Waals surface area contributed by atoms with Gasteiger partial charge in [-0.3, -0.25) is 9.88 Å². The minimum Gasteiger partial charge on any atom is -0.494 e. The lowest BCUT2D eigenvalue weighted by molar-refractivity contribution is -0.136. The van der Waals surface area contributed by atoms with Crippen LogP contribution in [-0.2, 0) is 25.4 Å². The third-order valence-electron chi connectivity index (χ3n) is 7.67. The van der Waals surface area contributed by atoms with Crippen molar-refractivity contribution in [1.29, 1.82) is 0 Å². The first kappa shape index (κ1) is 26.0. The molecule has 0 aliphatic carbocycles. The zero-order valence-corrected chi connectivity index (χ0v) is 22.9. The molecule has 0 radical (unpaired) electrons. The van der Waals surface area contributed by atoms with Crippen LogP contribution in [0.15, 0.2) is 59.3 Å². The Labute approximate surface area is 231 Å². The zero-order chi connectivity index (χ0) is 28.0. The Hall–Kier alpha value is -4.28. The molecule has 40 heavy (non-hydrogen) atoms. The molecule has 1 atom stereocenters. The molecule has 10 heteroatoms. The Morgan fingerprint density at radius 3 is 2.67 bits per heavy atom. The van der Waals surface area contributed by atoms with E-state index in [9.17, 15) is 4.79 Å². The Morgan fingerprint density at radius 2 is 1.93 bits per heavy atom. The summed E-state index contributed by atoms with van der Waals surface area (Å²) >= 11 is 0. The second-order valence-corrected chi connectivity index (χ2v) is 9.93. The summed E-state index contributed by atoms with van der Waals surface area (Å²) in [5.41, 5.74) is 11.6. The highest BCUT2D eigenvalue weighted by Gasteiger charge is 2.38. The molecule has 0 unspecified atom stereocenters. The largest absolute Gasteiger partial charge is 0.494 e. The van der Waals surface area contributed by atoms with Gasteiger partial charge in [0, 0.05) is 41.0 Å². The molecule has 3 aromatic rings. The molecule has 1 aromatic heterocycles. The van der Waals surface area contributed by atoms with Gasteiger partial charge in [0.15, 0.2) is 23.0 Å². The lowest BCUT2D eigenvalue weighted by atomic mass is 9.86. The summed E-state index contributed by atoms with van der Waals surface area (Å²) in [4.78, 5) is 19.0. The van der Waals surface area contributed by atoms with Crippen LogP contribution in [0.5, 0.6) is 17.2 Å². The van der Waals surface area contributed by atoms with Crippen LogP contribution in [0.2, 0.25) is 0 Å². The Bertz CT molecular complexity index is 1570. The van der Waals surface area contributed by atoms with Crippen LogP contribution in [0.25, 0.3) is 21.9 Å². The molecule has 4 heterocycles. The third kappa shape index (κ3) is 4.11. The van der Waals surface area contributed by atoms with Gasteiger partial charge in [-0.25, -0.2) is 4.79 Å². The molecule has 6 rings (SSSR count). The van der Waals surface area contributed by atoms with Crippen molar-refractivity contribution < 1.29 is 33.2 Å². The summed E-state index contributed by atoms with van der Waals surface area (Å²) < 4.78 is 35.0. The van der Waals surface area contributed by atoms with Gasteiger partial charge in [-0.05, 0) is 36.9 Å². The molecule has 0 saturated heterocycles. The van der Waals surface area contributed by atoms with Crippen molar-refractivity contribution in [2.45, 2.75) is 19.5 Å². The topological polar surface area (TPSA) is 115 Å². The molecule has 0 spiro atoms. The average molecular weight is 546 g/mol. The quantitative estimate of drug-likeness (QED) is 0.347. The van der Waals surface area contributed by atoms with Crippen molar-refractivity contribution in [3.05, 3.63) is 70.5 Å². The fourth-order valence-corrected chi connectivity index (χ4v) is 5.62. The fourth-order valence-electron chi connectivity index (χ4n) is 5.62. The maximum Gasteiger partial charge on any atom is 0.342 e. The van der Waals surface area contributed by atoms with E-state index in [4.69, 9.17) is 34.2 Å². The maximum absolute atomic E-state index is 12.4. The van der Waals surface area contributed by atoms with E-state index in [0.717, 1.165) is 51.6 Å². The van der Waals surface area contributed by atoms with E-state index < -0.39 is 12.1 Å². The summed E-state index contributed by atoms with van der Waals surface area (Å²) in [5.74, 6) is 1.68. The van der Waals surface area contributed by atoms with Crippen molar-refractivity contribution in [2.24, 2.45) is 5.73 Å².